The summed E-state index contributed by atoms with van der Waals surface area (Å²) in [5.41, 5.74) is 3.25. The molecule has 0 heterocycles. The SMILES string of the molecule is Cc1cccc(C)c1C(=O)C1CCCCC1. The maximum absolute atomic E-state index is 12.4. The van der Waals surface area contributed by atoms with Gasteiger partial charge in [-0.05, 0) is 37.8 Å². The van der Waals surface area contributed by atoms with Gasteiger partial charge < -0.3 is 0 Å². The van der Waals surface area contributed by atoms with Crippen molar-refractivity contribution in [3.05, 3.63) is 34.9 Å². The Balaban J connectivity index is 2.26. The first kappa shape index (κ1) is 11.4. The molecule has 1 fully saturated rings. The summed E-state index contributed by atoms with van der Waals surface area (Å²) in [6.07, 6.45) is 5.93. The summed E-state index contributed by atoms with van der Waals surface area (Å²) in [6.45, 7) is 4.09. The smallest absolute Gasteiger partial charge is 0.166 e. The number of aryl methyl sites for hydroxylation is 2. The van der Waals surface area contributed by atoms with E-state index in [1.165, 1.54) is 19.3 Å². The molecule has 0 bridgehead atoms. The van der Waals surface area contributed by atoms with Crippen LogP contribution in [0, 0.1) is 19.8 Å². The van der Waals surface area contributed by atoms with Crippen molar-refractivity contribution >= 4 is 5.78 Å². The predicted octanol–water partition coefficient (Wildman–Crippen LogP) is 4.07. The molecule has 0 aliphatic heterocycles. The minimum atomic E-state index is 0.286. The molecule has 1 aliphatic carbocycles. The molecule has 0 radical (unpaired) electrons. The Morgan fingerprint density at radius 1 is 1.06 bits per heavy atom. The van der Waals surface area contributed by atoms with Crippen LogP contribution in [-0.2, 0) is 0 Å². The predicted molar refractivity (Wildman–Crippen MR) is 66.8 cm³/mol. The van der Waals surface area contributed by atoms with Crippen molar-refractivity contribution in [3.8, 4) is 0 Å². The first-order valence-corrected chi connectivity index (χ1v) is 6.30. The van der Waals surface area contributed by atoms with Gasteiger partial charge in [0.1, 0.15) is 0 Å². The molecule has 1 aromatic rings. The lowest BCUT2D eigenvalue weighted by Crippen LogP contribution is -2.19. The molecule has 2 rings (SSSR count). The molecule has 0 aromatic heterocycles. The minimum absolute atomic E-state index is 0.286. The summed E-state index contributed by atoms with van der Waals surface area (Å²) in [7, 11) is 0. The Hall–Kier alpha value is -1.11. The van der Waals surface area contributed by atoms with Crippen molar-refractivity contribution in [1.29, 1.82) is 0 Å². The molecular formula is C15H20O. The third-order valence-corrected chi connectivity index (χ3v) is 3.70. The fourth-order valence-electron chi connectivity index (χ4n) is 2.77. The summed E-state index contributed by atoms with van der Waals surface area (Å²) in [6, 6.07) is 6.12. The summed E-state index contributed by atoms with van der Waals surface area (Å²) in [5.74, 6) is 0.670. The number of carbonyl (C=O) groups is 1. The van der Waals surface area contributed by atoms with Crippen LogP contribution in [0.3, 0.4) is 0 Å². The van der Waals surface area contributed by atoms with Gasteiger partial charge in [-0.15, -0.1) is 0 Å². The van der Waals surface area contributed by atoms with E-state index in [4.69, 9.17) is 0 Å². The van der Waals surface area contributed by atoms with Crippen molar-refractivity contribution < 1.29 is 4.79 Å². The minimum Gasteiger partial charge on any atom is -0.294 e. The number of hydrogen-bond donors (Lipinski definition) is 0. The van der Waals surface area contributed by atoms with Crippen LogP contribution in [0.15, 0.2) is 18.2 Å². The van der Waals surface area contributed by atoms with Crippen LogP contribution in [0.5, 0.6) is 0 Å². The van der Waals surface area contributed by atoms with Crippen molar-refractivity contribution in [2.24, 2.45) is 5.92 Å². The molecule has 0 spiro atoms. The lowest BCUT2D eigenvalue weighted by molar-refractivity contribution is 0.0888. The van der Waals surface area contributed by atoms with E-state index >= 15 is 0 Å². The number of hydrogen-bond acceptors (Lipinski definition) is 1. The first-order chi connectivity index (χ1) is 7.70. The lowest BCUT2D eigenvalue weighted by atomic mass is 9.82. The van der Waals surface area contributed by atoms with Gasteiger partial charge in [0.05, 0.1) is 0 Å². The molecule has 0 unspecified atom stereocenters. The van der Waals surface area contributed by atoms with E-state index in [-0.39, 0.29) is 5.92 Å². The molecule has 0 amide bonds. The molecule has 0 N–H and O–H groups in total. The first-order valence-electron chi connectivity index (χ1n) is 6.30. The summed E-state index contributed by atoms with van der Waals surface area (Å²) >= 11 is 0. The van der Waals surface area contributed by atoms with E-state index in [2.05, 4.69) is 0 Å². The highest BCUT2D eigenvalue weighted by molar-refractivity contribution is 6.00. The van der Waals surface area contributed by atoms with E-state index in [1.807, 2.05) is 32.0 Å². The Bertz CT molecular complexity index is 366. The number of carbonyl (C=O) groups excluding carboxylic acids is 1. The van der Waals surface area contributed by atoms with Gasteiger partial charge in [-0.25, -0.2) is 0 Å². The van der Waals surface area contributed by atoms with Gasteiger partial charge in [-0.1, -0.05) is 37.5 Å². The average molecular weight is 216 g/mol. The maximum atomic E-state index is 12.4. The Labute approximate surface area is 97.9 Å². The third-order valence-electron chi connectivity index (χ3n) is 3.70. The van der Waals surface area contributed by atoms with Crippen molar-refractivity contribution in [2.75, 3.05) is 0 Å². The molecule has 1 saturated carbocycles. The van der Waals surface area contributed by atoms with Gasteiger partial charge in [0.25, 0.3) is 0 Å². The van der Waals surface area contributed by atoms with Crippen LogP contribution in [0.2, 0.25) is 0 Å². The third kappa shape index (κ3) is 2.18. The topological polar surface area (TPSA) is 17.1 Å². The van der Waals surface area contributed by atoms with Crippen molar-refractivity contribution in [1.82, 2.24) is 0 Å². The average Bonchev–Trinajstić information content (AvgIpc) is 2.30. The molecule has 1 aromatic carbocycles. The molecule has 0 saturated heterocycles. The van der Waals surface area contributed by atoms with Crippen LogP contribution >= 0.6 is 0 Å². The second kappa shape index (κ2) is 4.82. The van der Waals surface area contributed by atoms with Crippen LogP contribution in [-0.4, -0.2) is 5.78 Å². The van der Waals surface area contributed by atoms with Crippen LogP contribution < -0.4 is 0 Å². The molecule has 1 nitrogen and oxygen atoms in total. The zero-order valence-electron chi connectivity index (χ0n) is 10.3. The summed E-state index contributed by atoms with van der Waals surface area (Å²) < 4.78 is 0. The molecule has 86 valence electrons. The largest absolute Gasteiger partial charge is 0.294 e. The Morgan fingerprint density at radius 3 is 2.19 bits per heavy atom. The van der Waals surface area contributed by atoms with Gasteiger partial charge in [0, 0.05) is 11.5 Å². The molecular weight excluding hydrogens is 196 g/mol. The van der Waals surface area contributed by atoms with Crippen molar-refractivity contribution in [3.63, 3.8) is 0 Å². The molecule has 0 atom stereocenters. The number of Topliss-reactive ketones (excluding diaryl/α,β-unsaturated/α-hetero) is 1. The zero-order chi connectivity index (χ0) is 11.5. The van der Waals surface area contributed by atoms with E-state index in [0.717, 1.165) is 29.5 Å². The van der Waals surface area contributed by atoms with Gasteiger partial charge in [0.15, 0.2) is 5.78 Å². The number of ketones is 1. The van der Waals surface area contributed by atoms with E-state index in [1.54, 1.807) is 0 Å². The quantitative estimate of drug-likeness (QED) is 0.681. The van der Waals surface area contributed by atoms with Gasteiger partial charge in [-0.2, -0.15) is 0 Å². The van der Waals surface area contributed by atoms with E-state index in [0.29, 0.717) is 5.78 Å². The Morgan fingerprint density at radius 2 is 1.62 bits per heavy atom. The maximum Gasteiger partial charge on any atom is 0.166 e. The van der Waals surface area contributed by atoms with Crippen LogP contribution in [0.4, 0.5) is 0 Å². The van der Waals surface area contributed by atoms with E-state index < -0.39 is 0 Å². The Kier molecular flexibility index (Phi) is 3.42. The summed E-state index contributed by atoms with van der Waals surface area (Å²) in [4.78, 5) is 12.4. The second-order valence-corrected chi connectivity index (χ2v) is 4.97. The van der Waals surface area contributed by atoms with Crippen LogP contribution in [0.25, 0.3) is 0 Å². The van der Waals surface area contributed by atoms with Gasteiger partial charge in [-0.3, -0.25) is 4.79 Å². The molecule has 1 heteroatoms. The normalized spacial score (nSPS) is 17.4. The molecule has 1 aliphatic rings. The zero-order valence-corrected chi connectivity index (χ0v) is 10.3. The standard InChI is InChI=1S/C15H20O/c1-11-7-6-8-12(2)14(11)15(16)13-9-4-3-5-10-13/h6-8,13H,3-5,9-10H2,1-2H3. The van der Waals surface area contributed by atoms with Gasteiger partial charge >= 0.3 is 0 Å². The van der Waals surface area contributed by atoms with Crippen molar-refractivity contribution in [2.45, 2.75) is 46.0 Å². The fourth-order valence-corrected chi connectivity index (χ4v) is 2.77. The van der Waals surface area contributed by atoms with E-state index in [9.17, 15) is 4.79 Å². The van der Waals surface area contributed by atoms with Gasteiger partial charge in [0.2, 0.25) is 0 Å². The van der Waals surface area contributed by atoms with Crippen LogP contribution in [0.1, 0.15) is 53.6 Å². The second-order valence-electron chi connectivity index (χ2n) is 4.97. The fraction of sp³-hybridized carbons (Fsp3) is 0.533. The highest BCUT2D eigenvalue weighted by Gasteiger charge is 2.24. The molecule has 16 heavy (non-hydrogen) atoms. The number of rotatable bonds is 2. The lowest BCUT2D eigenvalue weighted by Gasteiger charge is -2.22. The summed E-state index contributed by atoms with van der Waals surface area (Å²) in [5, 5.41) is 0. The monoisotopic (exact) mass is 216 g/mol. The number of benzene rings is 1. The highest BCUT2D eigenvalue weighted by atomic mass is 16.1. The highest BCUT2D eigenvalue weighted by Crippen LogP contribution is 2.28.